The van der Waals surface area contributed by atoms with Gasteiger partial charge in [-0.15, -0.1) is 0 Å². The van der Waals surface area contributed by atoms with E-state index < -0.39 is 6.03 Å². The second-order valence-corrected chi connectivity index (χ2v) is 5.38. The summed E-state index contributed by atoms with van der Waals surface area (Å²) in [6.07, 6.45) is 5.61. The summed E-state index contributed by atoms with van der Waals surface area (Å²) in [7, 11) is 1.53. The first-order chi connectivity index (χ1) is 13.2. The molecule has 0 fully saturated rings. The van der Waals surface area contributed by atoms with Gasteiger partial charge in [0.2, 0.25) is 5.69 Å². The van der Waals surface area contributed by atoms with Gasteiger partial charge < -0.3 is 19.5 Å². The summed E-state index contributed by atoms with van der Waals surface area (Å²) in [6.45, 7) is 0.628. The van der Waals surface area contributed by atoms with Crippen LogP contribution in [0.1, 0.15) is 12.1 Å². The average Bonchev–Trinajstić information content (AvgIpc) is 2.68. The van der Waals surface area contributed by atoms with E-state index in [0.717, 1.165) is 0 Å². The zero-order valence-corrected chi connectivity index (χ0v) is 14.6. The molecule has 2 aromatic rings. The number of methoxy groups -OCH3 is 1. The molecule has 0 radical (unpaired) electrons. The molecule has 0 atom stereocenters. The van der Waals surface area contributed by atoms with Crippen molar-refractivity contribution in [2.75, 3.05) is 31.0 Å². The molecule has 0 aliphatic carbocycles. The van der Waals surface area contributed by atoms with Crippen molar-refractivity contribution in [3.05, 3.63) is 42.2 Å². The molecule has 3 rings (SSSR count). The van der Waals surface area contributed by atoms with Gasteiger partial charge in [-0.05, 0) is 18.6 Å². The fourth-order valence-corrected chi connectivity index (χ4v) is 2.29. The number of rotatable bonds is 1. The van der Waals surface area contributed by atoms with Crippen molar-refractivity contribution in [1.29, 1.82) is 5.26 Å². The summed E-state index contributed by atoms with van der Waals surface area (Å²) < 4.78 is 16.4. The first-order valence-corrected chi connectivity index (χ1v) is 8.13. The molecule has 138 valence electrons. The van der Waals surface area contributed by atoms with E-state index in [0.29, 0.717) is 36.8 Å². The van der Waals surface area contributed by atoms with Crippen LogP contribution in [0.2, 0.25) is 0 Å². The van der Waals surface area contributed by atoms with Crippen molar-refractivity contribution >= 4 is 17.5 Å². The Morgan fingerprint density at radius 3 is 2.96 bits per heavy atom. The Morgan fingerprint density at radius 1 is 1.26 bits per heavy atom. The van der Waals surface area contributed by atoms with Gasteiger partial charge in [0.25, 0.3) is 5.88 Å². The van der Waals surface area contributed by atoms with Gasteiger partial charge in [-0.25, -0.2) is 9.78 Å². The number of hydrogen-bond acceptors (Lipinski definition) is 7. The summed E-state index contributed by atoms with van der Waals surface area (Å²) >= 11 is 0. The Kier molecular flexibility index (Phi) is 5.69. The number of nitrogens with one attached hydrogen (secondary N) is 2. The van der Waals surface area contributed by atoms with Gasteiger partial charge in [-0.3, -0.25) is 5.32 Å². The van der Waals surface area contributed by atoms with Crippen molar-refractivity contribution < 1.29 is 19.0 Å². The van der Waals surface area contributed by atoms with Crippen LogP contribution in [0.15, 0.2) is 36.5 Å². The van der Waals surface area contributed by atoms with E-state index in [1.807, 2.05) is 18.2 Å². The van der Waals surface area contributed by atoms with Gasteiger partial charge >= 0.3 is 6.03 Å². The van der Waals surface area contributed by atoms with Gasteiger partial charge in [0.1, 0.15) is 24.2 Å². The molecule has 1 aromatic carbocycles. The van der Waals surface area contributed by atoms with Crippen LogP contribution in [0.4, 0.5) is 16.3 Å². The summed E-state index contributed by atoms with van der Waals surface area (Å²) in [5, 5.41) is 14.4. The van der Waals surface area contributed by atoms with Crippen LogP contribution in [0.5, 0.6) is 17.4 Å². The molecular weight excluding hydrogens is 350 g/mol. The normalized spacial score (nSPS) is 15.2. The molecule has 2 amide bonds. The first-order valence-electron chi connectivity index (χ1n) is 8.13. The topological polar surface area (TPSA) is 118 Å². The van der Waals surface area contributed by atoms with Crippen molar-refractivity contribution in [3.8, 4) is 23.4 Å². The molecule has 1 aromatic heterocycles. The number of fused-ring (bicyclic) bond motifs is 3. The first kappa shape index (κ1) is 18.0. The van der Waals surface area contributed by atoms with E-state index in [-0.39, 0.29) is 17.4 Å². The maximum absolute atomic E-state index is 12.3. The highest BCUT2D eigenvalue weighted by Gasteiger charge is 2.13. The highest BCUT2D eigenvalue weighted by molar-refractivity contribution is 6.00. The Balaban J connectivity index is 1.91. The minimum absolute atomic E-state index is 0.0488. The molecule has 2 heterocycles. The van der Waals surface area contributed by atoms with Gasteiger partial charge in [-0.2, -0.15) is 10.2 Å². The highest BCUT2D eigenvalue weighted by Crippen LogP contribution is 2.29. The molecule has 9 nitrogen and oxygen atoms in total. The molecular formula is C18H17N5O4. The zero-order valence-electron chi connectivity index (χ0n) is 14.6. The van der Waals surface area contributed by atoms with Crippen LogP contribution in [-0.2, 0) is 0 Å². The third-order valence-electron chi connectivity index (χ3n) is 3.55. The van der Waals surface area contributed by atoms with Gasteiger partial charge in [0, 0.05) is 6.07 Å². The number of hydrogen-bond donors (Lipinski definition) is 2. The summed E-state index contributed by atoms with van der Waals surface area (Å²) in [4.78, 5) is 20.4. The predicted octanol–water partition coefficient (Wildman–Crippen LogP) is 2.72. The lowest BCUT2D eigenvalue weighted by atomic mass is 10.2. The molecule has 2 N–H and O–H groups in total. The molecule has 27 heavy (non-hydrogen) atoms. The second-order valence-electron chi connectivity index (χ2n) is 5.38. The van der Waals surface area contributed by atoms with Crippen LogP contribution >= 0.6 is 0 Å². The third kappa shape index (κ3) is 4.64. The number of nitrogens with zero attached hydrogens (tertiary/aromatic N) is 3. The standard InChI is InChI=1S/C18H17N5O4/c1-25-12-5-6-15-13(9-12)21-18(24)23-16-11-20-14(10-19)17(22-16)27-8-4-2-3-7-26-15/h2-3,5-6,9,11H,4,7-8H2,1H3,(H2,21,22,23,24)/b3-2+. The molecule has 0 spiro atoms. The third-order valence-corrected chi connectivity index (χ3v) is 3.55. The lowest BCUT2D eigenvalue weighted by molar-refractivity contribution is 0.262. The van der Waals surface area contributed by atoms with Gasteiger partial charge in [0.15, 0.2) is 5.82 Å². The average molecular weight is 367 g/mol. The lowest BCUT2D eigenvalue weighted by Gasteiger charge is -2.13. The number of aromatic nitrogens is 2. The van der Waals surface area contributed by atoms with Gasteiger partial charge in [0.05, 0.1) is 25.6 Å². The molecule has 0 saturated carbocycles. The molecule has 1 aliphatic heterocycles. The molecule has 1 aliphatic rings. The van der Waals surface area contributed by atoms with E-state index >= 15 is 0 Å². The summed E-state index contributed by atoms with van der Waals surface area (Å²) in [6, 6.07) is 6.46. The number of benzene rings is 1. The molecule has 9 heteroatoms. The number of anilines is 2. The fraction of sp³-hybridized carbons (Fsp3) is 0.222. The predicted molar refractivity (Wildman–Crippen MR) is 97.1 cm³/mol. The van der Waals surface area contributed by atoms with Crippen molar-refractivity contribution in [1.82, 2.24) is 9.97 Å². The molecule has 2 bridgehead atoms. The summed E-state index contributed by atoms with van der Waals surface area (Å²) in [5.41, 5.74) is 0.487. The zero-order chi connectivity index (χ0) is 19.1. The molecule has 0 unspecified atom stereocenters. The quantitative estimate of drug-likeness (QED) is 0.744. The Labute approximate surface area is 155 Å². The monoisotopic (exact) mass is 367 g/mol. The minimum Gasteiger partial charge on any atom is -0.497 e. The Bertz CT molecular complexity index is 907. The van der Waals surface area contributed by atoms with E-state index in [9.17, 15) is 4.79 Å². The SMILES string of the molecule is COc1ccc2c(c1)NC(=O)Nc1cnc(C#N)c(n1)OCC/C=C/CO2. The minimum atomic E-state index is -0.552. The lowest BCUT2D eigenvalue weighted by Crippen LogP contribution is -2.21. The van der Waals surface area contributed by atoms with Crippen molar-refractivity contribution in [3.63, 3.8) is 0 Å². The summed E-state index contributed by atoms with van der Waals surface area (Å²) in [5.74, 6) is 1.28. The van der Waals surface area contributed by atoms with E-state index in [1.165, 1.54) is 13.3 Å². The number of carbonyl (C=O) groups is 1. The van der Waals surface area contributed by atoms with Crippen LogP contribution in [0.3, 0.4) is 0 Å². The number of amides is 2. The number of urea groups is 1. The van der Waals surface area contributed by atoms with Crippen molar-refractivity contribution in [2.24, 2.45) is 0 Å². The fourth-order valence-electron chi connectivity index (χ4n) is 2.29. The van der Waals surface area contributed by atoms with Crippen LogP contribution < -0.4 is 24.8 Å². The van der Waals surface area contributed by atoms with Gasteiger partial charge in [-0.1, -0.05) is 12.2 Å². The number of carbonyl (C=O) groups excluding carboxylic acids is 1. The Hall–Kier alpha value is -3.80. The maximum atomic E-state index is 12.3. The highest BCUT2D eigenvalue weighted by atomic mass is 16.5. The van der Waals surface area contributed by atoms with E-state index in [1.54, 1.807) is 18.2 Å². The van der Waals surface area contributed by atoms with Crippen LogP contribution in [0.25, 0.3) is 0 Å². The number of nitriles is 1. The van der Waals surface area contributed by atoms with E-state index in [2.05, 4.69) is 20.6 Å². The Morgan fingerprint density at radius 2 is 2.15 bits per heavy atom. The van der Waals surface area contributed by atoms with Crippen molar-refractivity contribution in [2.45, 2.75) is 6.42 Å². The smallest absolute Gasteiger partial charge is 0.325 e. The maximum Gasteiger partial charge on any atom is 0.325 e. The number of ether oxygens (including phenoxy) is 3. The van der Waals surface area contributed by atoms with Crippen LogP contribution in [-0.4, -0.2) is 36.3 Å². The van der Waals surface area contributed by atoms with Crippen LogP contribution in [0, 0.1) is 11.3 Å². The van der Waals surface area contributed by atoms with E-state index in [4.69, 9.17) is 19.5 Å². The molecule has 0 saturated heterocycles. The second kappa shape index (κ2) is 8.53. The largest absolute Gasteiger partial charge is 0.497 e.